The van der Waals surface area contributed by atoms with E-state index < -0.39 is 5.82 Å². The zero-order valence-electron chi connectivity index (χ0n) is 14.4. The Hall–Kier alpha value is -3.21. The molecule has 0 aliphatic heterocycles. The first kappa shape index (κ1) is 17.6. The number of rotatable bonds is 6. The summed E-state index contributed by atoms with van der Waals surface area (Å²) in [5, 5.41) is 2.89. The summed E-state index contributed by atoms with van der Waals surface area (Å²) in [7, 11) is 0. The van der Waals surface area contributed by atoms with Gasteiger partial charge in [-0.1, -0.05) is 48.5 Å². The Labute approximate surface area is 151 Å². The highest BCUT2D eigenvalue weighted by molar-refractivity contribution is 5.83. The number of pyridine rings is 1. The van der Waals surface area contributed by atoms with E-state index in [-0.39, 0.29) is 30.0 Å². The van der Waals surface area contributed by atoms with Gasteiger partial charge < -0.3 is 10.1 Å². The number of benzene rings is 2. The monoisotopic (exact) mass is 350 g/mol. The Morgan fingerprint density at radius 3 is 2.58 bits per heavy atom. The summed E-state index contributed by atoms with van der Waals surface area (Å²) in [5.41, 5.74) is 1.61. The van der Waals surface area contributed by atoms with Gasteiger partial charge in [0.1, 0.15) is 0 Å². The van der Waals surface area contributed by atoms with Crippen LogP contribution in [0.1, 0.15) is 24.0 Å². The Kier molecular flexibility index (Phi) is 5.59. The van der Waals surface area contributed by atoms with Crippen molar-refractivity contribution in [2.24, 2.45) is 0 Å². The summed E-state index contributed by atoms with van der Waals surface area (Å²) in [6.45, 7) is 2.10. The molecule has 0 aliphatic carbocycles. The number of amides is 1. The fraction of sp³-hybridized carbons (Fsp3) is 0.143. The third-order valence-electron chi connectivity index (χ3n) is 4.04. The predicted octanol–water partition coefficient (Wildman–Crippen LogP) is 4.43. The van der Waals surface area contributed by atoms with Crippen LogP contribution in [0.5, 0.6) is 11.6 Å². The van der Waals surface area contributed by atoms with Crippen LogP contribution in [-0.2, 0) is 11.3 Å². The zero-order chi connectivity index (χ0) is 18.4. The van der Waals surface area contributed by atoms with Crippen LogP contribution in [0.25, 0.3) is 0 Å². The Morgan fingerprint density at radius 2 is 1.81 bits per heavy atom. The molecule has 3 aromatic rings. The van der Waals surface area contributed by atoms with Gasteiger partial charge >= 0.3 is 0 Å². The van der Waals surface area contributed by atoms with Crippen molar-refractivity contribution in [2.45, 2.75) is 19.4 Å². The Morgan fingerprint density at radius 1 is 1.08 bits per heavy atom. The van der Waals surface area contributed by atoms with Crippen molar-refractivity contribution in [3.8, 4) is 11.6 Å². The van der Waals surface area contributed by atoms with E-state index in [1.807, 2.05) is 37.3 Å². The number of carbonyl (C=O) groups is 1. The van der Waals surface area contributed by atoms with Crippen LogP contribution in [0.3, 0.4) is 0 Å². The maximum absolute atomic E-state index is 13.8. The standard InChI is InChI=1S/C21H19FN2O2/c1-15(16-8-3-2-4-9-16)20(25)24-14-17-10-7-13-23-21(17)26-19-12-6-5-11-18(19)22/h2-13,15H,14H2,1H3,(H,24,25)/t15-/m0/s1. The van der Waals surface area contributed by atoms with Crippen molar-refractivity contribution in [1.82, 2.24) is 10.3 Å². The molecule has 4 nitrogen and oxygen atoms in total. The highest BCUT2D eigenvalue weighted by Crippen LogP contribution is 2.25. The maximum Gasteiger partial charge on any atom is 0.227 e. The molecule has 3 rings (SSSR count). The van der Waals surface area contributed by atoms with Crippen molar-refractivity contribution >= 4 is 5.91 Å². The average Bonchev–Trinajstić information content (AvgIpc) is 2.69. The number of ether oxygens (including phenoxy) is 1. The van der Waals surface area contributed by atoms with E-state index in [4.69, 9.17) is 4.74 Å². The minimum atomic E-state index is -0.467. The smallest absolute Gasteiger partial charge is 0.227 e. The lowest BCUT2D eigenvalue weighted by atomic mass is 10.0. The molecule has 0 unspecified atom stereocenters. The van der Waals surface area contributed by atoms with E-state index >= 15 is 0 Å². The molecule has 1 heterocycles. The largest absolute Gasteiger partial charge is 0.436 e. The van der Waals surface area contributed by atoms with Crippen LogP contribution >= 0.6 is 0 Å². The predicted molar refractivity (Wildman–Crippen MR) is 97.4 cm³/mol. The van der Waals surface area contributed by atoms with Gasteiger partial charge in [0, 0.05) is 18.3 Å². The zero-order valence-corrected chi connectivity index (χ0v) is 14.4. The summed E-state index contributed by atoms with van der Waals surface area (Å²) >= 11 is 0. The van der Waals surface area contributed by atoms with Crippen molar-refractivity contribution in [3.63, 3.8) is 0 Å². The summed E-state index contributed by atoms with van der Waals surface area (Å²) in [6, 6.07) is 19.2. The number of hydrogen-bond acceptors (Lipinski definition) is 3. The van der Waals surface area contributed by atoms with Crippen molar-refractivity contribution in [2.75, 3.05) is 0 Å². The quantitative estimate of drug-likeness (QED) is 0.715. The number of carbonyl (C=O) groups excluding carboxylic acids is 1. The van der Waals surface area contributed by atoms with Gasteiger partial charge in [0.2, 0.25) is 11.8 Å². The molecular weight excluding hydrogens is 331 g/mol. The highest BCUT2D eigenvalue weighted by Gasteiger charge is 2.16. The molecule has 26 heavy (non-hydrogen) atoms. The number of hydrogen-bond donors (Lipinski definition) is 1. The van der Waals surface area contributed by atoms with Crippen LogP contribution in [0.2, 0.25) is 0 Å². The number of nitrogens with one attached hydrogen (secondary N) is 1. The summed E-state index contributed by atoms with van der Waals surface area (Å²) in [6.07, 6.45) is 1.56. The summed E-state index contributed by atoms with van der Waals surface area (Å²) in [5.74, 6) is -0.478. The lowest BCUT2D eigenvalue weighted by Crippen LogP contribution is -2.27. The van der Waals surface area contributed by atoms with Crippen LogP contribution in [-0.4, -0.2) is 10.9 Å². The Bertz CT molecular complexity index is 884. The van der Waals surface area contributed by atoms with Crippen molar-refractivity contribution < 1.29 is 13.9 Å². The van der Waals surface area contributed by atoms with Crippen LogP contribution in [0, 0.1) is 5.82 Å². The maximum atomic E-state index is 13.8. The molecule has 1 aromatic heterocycles. The first-order valence-corrected chi connectivity index (χ1v) is 8.34. The minimum absolute atomic E-state index is 0.0939. The lowest BCUT2D eigenvalue weighted by molar-refractivity contribution is -0.122. The highest BCUT2D eigenvalue weighted by atomic mass is 19.1. The SMILES string of the molecule is C[C@H](C(=O)NCc1cccnc1Oc1ccccc1F)c1ccccc1. The molecular formula is C21H19FN2O2. The third-order valence-corrected chi connectivity index (χ3v) is 4.04. The first-order valence-electron chi connectivity index (χ1n) is 8.34. The fourth-order valence-electron chi connectivity index (χ4n) is 2.51. The summed E-state index contributed by atoms with van der Waals surface area (Å²) in [4.78, 5) is 16.6. The first-order chi connectivity index (χ1) is 12.6. The van der Waals surface area contributed by atoms with Gasteiger partial charge in [-0.05, 0) is 30.7 Å². The van der Waals surface area contributed by atoms with Crippen molar-refractivity contribution in [1.29, 1.82) is 0 Å². The van der Waals surface area contributed by atoms with Crippen LogP contribution < -0.4 is 10.1 Å². The molecule has 1 amide bonds. The molecule has 1 atom stereocenters. The molecule has 0 spiro atoms. The molecule has 0 radical (unpaired) electrons. The third kappa shape index (κ3) is 4.25. The average molecular weight is 350 g/mol. The second-order valence-electron chi connectivity index (χ2n) is 5.85. The van der Waals surface area contributed by atoms with E-state index in [2.05, 4.69) is 10.3 Å². The Balaban J connectivity index is 1.69. The molecule has 0 saturated carbocycles. The normalized spacial score (nSPS) is 11.6. The number of nitrogens with zero attached hydrogens (tertiary/aromatic N) is 1. The van der Waals surface area contributed by atoms with Gasteiger partial charge in [-0.25, -0.2) is 9.37 Å². The summed E-state index contributed by atoms with van der Waals surface area (Å²) < 4.78 is 19.4. The minimum Gasteiger partial charge on any atom is -0.436 e. The van der Waals surface area contributed by atoms with Gasteiger partial charge in [0.25, 0.3) is 0 Å². The van der Waals surface area contributed by atoms with Crippen molar-refractivity contribution in [3.05, 3.63) is 89.9 Å². The van der Waals surface area contributed by atoms with Gasteiger partial charge in [-0.3, -0.25) is 4.79 Å². The molecule has 0 saturated heterocycles. The van der Waals surface area contributed by atoms with E-state index in [1.165, 1.54) is 12.1 Å². The number of aromatic nitrogens is 1. The second kappa shape index (κ2) is 8.25. The topological polar surface area (TPSA) is 51.2 Å². The van der Waals surface area contributed by atoms with Crippen LogP contribution in [0.4, 0.5) is 4.39 Å². The molecule has 132 valence electrons. The lowest BCUT2D eigenvalue weighted by Gasteiger charge is -2.14. The van der Waals surface area contributed by atoms with Gasteiger partial charge in [0.15, 0.2) is 11.6 Å². The van der Waals surface area contributed by atoms with Gasteiger partial charge in [-0.2, -0.15) is 0 Å². The fourth-order valence-corrected chi connectivity index (χ4v) is 2.51. The van der Waals surface area contributed by atoms with Gasteiger partial charge in [-0.15, -0.1) is 0 Å². The second-order valence-corrected chi connectivity index (χ2v) is 5.85. The molecule has 5 heteroatoms. The van der Waals surface area contributed by atoms with Gasteiger partial charge in [0.05, 0.1) is 5.92 Å². The molecule has 1 N–H and O–H groups in total. The van der Waals surface area contributed by atoms with E-state index in [0.717, 1.165) is 5.56 Å². The van der Waals surface area contributed by atoms with E-state index in [0.29, 0.717) is 5.56 Å². The number of halogens is 1. The molecule has 2 aromatic carbocycles. The van der Waals surface area contributed by atoms with E-state index in [1.54, 1.807) is 30.5 Å². The molecule has 0 fully saturated rings. The molecule has 0 bridgehead atoms. The number of para-hydroxylation sites is 1. The van der Waals surface area contributed by atoms with E-state index in [9.17, 15) is 9.18 Å². The van der Waals surface area contributed by atoms with Crippen LogP contribution in [0.15, 0.2) is 72.9 Å². The molecule has 0 aliphatic rings.